The van der Waals surface area contributed by atoms with E-state index in [2.05, 4.69) is 0 Å². The van der Waals surface area contributed by atoms with E-state index in [4.69, 9.17) is 4.74 Å². The minimum atomic E-state index is -0.435. The van der Waals surface area contributed by atoms with Gasteiger partial charge in [-0.1, -0.05) is 42.0 Å². The minimum Gasteiger partial charge on any atom is -0.497 e. The van der Waals surface area contributed by atoms with Crippen LogP contribution in [0.25, 0.3) is 0 Å². The number of ether oxygens (including phenoxy) is 1. The Hall–Kier alpha value is -2.82. The standard InChI is InChI=1S/C20H22N2O3/c1-15-4-3-5-17(12-15)14-22-11-10-21(19(23)20(22)24)13-16-6-8-18(25-2)9-7-16/h3-9,12H,10-11,13-14H2,1-2H3. The van der Waals surface area contributed by atoms with Gasteiger partial charge in [0.15, 0.2) is 0 Å². The molecule has 0 unspecified atom stereocenters. The smallest absolute Gasteiger partial charge is 0.312 e. The third-order valence-corrected chi connectivity index (χ3v) is 4.39. The molecular weight excluding hydrogens is 316 g/mol. The quantitative estimate of drug-likeness (QED) is 0.787. The molecule has 1 aliphatic rings. The molecule has 1 saturated heterocycles. The van der Waals surface area contributed by atoms with E-state index in [-0.39, 0.29) is 0 Å². The van der Waals surface area contributed by atoms with Crippen LogP contribution in [0.5, 0.6) is 5.75 Å². The van der Waals surface area contributed by atoms with E-state index in [1.807, 2.05) is 55.5 Å². The number of hydrogen-bond acceptors (Lipinski definition) is 3. The van der Waals surface area contributed by atoms with Gasteiger partial charge in [0, 0.05) is 26.2 Å². The number of aryl methyl sites for hydroxylation is 1. The van der Waals surface area contributed by atoms with Crippen LogP contribution in [0.15, 0.2) is 48.5 Å². The lowest BCUT2D eigenvalue weighted by Gasteiger charge is -2.34. The van der Waals surface area contributed by atoms with E-state index >= 15 is 0 Å². The maximum Gasteiger partial charge on any atom is 0.312 e. The summed E-state index contributed by atoms with van der Waals surface area (Å²) in [6.07, 6.45) is 0. The molecule has 0 bridgehead atoms. The Labute approximate surface area is 147 Å². The van der Waals surface area contributed by atoms with Gasteiger partial charge in [-0.15, -0.1) is 0 Å². The maximum absolute atomic E-state index is 12.4. The lowest BCUT2D eigenvalue weighted by Crippen LogP contribution is -2.53. The van der Waals surface area contributed by atoms with Gasteiger partial charge < -0.3 is 14.5 Å². The maximum atomic E-state index is 12.4. The largest absolute Gasteiger partial charge is 0.497 e. The summed E-state index contributed by atoms with van der Waals surface area (Å²) in [6.45, 7) is 4.02. The third-order valence-electron chi connectivity index (χ3n) is 4.39. The zero-order chi connectivity index (χ0) is 17.8. The first-order valence-electron chi connectivity index (χ1n) is 8.33. The molecule has 3 rings (SSSR count). The number of piperazine rings is 1. The van der Waals surface area contributed by atoms with Gasteiger partial charge in [0.2, 0.25) is 0 Å². The lowest BCUT2D eigenvalue weighted by molar-refractivity contribution is -0.156. The molecule has 5 nitrogen and oxygen atoms in total. The van der Waals surface area contributed by atoms with Gasteiger partial charge in [0.05, 0.1) is 7.11 Å². The lowest BCUT2D eigenvalue weighted by atomic mass is 10.1. The summed E-state index contributed by atoms with van der Waals surface area (Å²) in [5, 5.41) is 0. The molecule has 0 radical (unpaired) electrons. The van der Waals surface area contributed by atoms with Crippen molar-refractivity contribution in [2.75, 3.05) is 20.2 Å². The average molecular weight is 338 g/mol. The Morgan fingerprint density at radius 3 is 2.04 bits per heavy atom. The van der Waals surface area contributed by atoms with Crippen LogP contribution in [-0.2, 0) is 22.7 Å². The Morgan fingerprint density at radius 2 is 1.48 bits per heavy atom. The van der Waals surface area contributed by atoms with Gasteiger partial charge in [-0.3, -0.25) is 9.59 Å². The second-order valence-corrected chi connectivity index (χ2v) is 6.29. The molecule has 0 aliphatic carbocycles. The molecule has 130 valence electrons. The van der Waals surface area contributed by atoms with E-state index < -0.39 is 11.8 Å². The monoisotopic (exact) mass is 338 g/mol. The second-order valence-electron chi connectivity index (χ2n) is 6.29. The van der Waals surface area contributed by atoms with Crippen molar-refractivity contribution in [1.82, 2.24) is 9.80 Å². The van der Waals surface area contributed by atoms with Gasteiger partial charge in [0.25, 0.3) is 0 Å². The van der Waals surface area contributed by atoms with E-state index in [0.717, 1.165) is 22.4 Å². The van der Waals surface area contributed by atoms with E-state index in [9.17, 15) is 9.59 Å². The van der Waals surface area contributed by atoms with Crippen LogP contribution in [0.4, 0.5) is 0 Å². The van der Waals surface area contributed by atoms with Crippen molar-refractivity contribution < 1.29 is 14.3 Å². The molecule has 0 atom stereocenters. The molecule has 5 heteroatoms. The number of benzene rings is 2. The number of carbonyl (C=O) groups excluding carboxylic acids is 2. The van der Waals surface area contributed by atoms with Crippen LogP contribution >= 0.6 is 0 Å². The Bertz CT molecular complexity index is 771. The predicted molar refractivity (Wildman–Crippen MR) is 95.0 cm³/mol. The number of amides is 2. The van der Waals surface area contributed by atoms with Crippen molar-refractivity contribution in [3.05, 3.63) is 65.2 Å². The van der Waals surface area contributed by atoms with Gasteiger partial charge in [-0.2, -0.15) is 0 Å². The normalized spacial score (nSPS) is 14.8. The number of nitrogens with zero attached hydrogens (tertiary/aromatic N) is 2. The van der Waals surface area contributed by atoms with Crippen LogP contribution in [0.3, 0.4) is 0 Å². The summed E-state index contributed by atoms with van der Waals surface area (Å²) in [6, 6.07) is 15.5. The summed E-state index contributed by atoms with van der Waals surface area (Å²) in [4.78, 5) is 28.1. The van der Waals surface area contributed by atoms with E-state index in [1.165, 1.54) is 0 Å². The van der Waals surface area contributed by atoms with E-state index in [0.29, 0.717) is 26.2 Å². The molecule has 0 N–H and O–H groups in total. The van der Waals surface area contributed by atoms with Gasteiger partial charge in [-0.25, -0.2) is 0 Å². The molecule has 1 aliphatic heterocycles. The Balaban J connectivity index is 1.63. The minimum absolute atomic E-state index is 0.429. The van der Waals surface area contributed by atoms with Crippen LogP contribution in [0, 0.1) is 6.92 Å². The second kappa shape index (κ2) is 7.38. The van der Waals surface area contributed by atoms with Crippen molar-refractivity contribution >= 4 is 11.8 Å². The van der Waals surface area contributed by atoms with Gasteiger partial charge in [0.1, 0.15) is 5.75 Å². The SMILES string of the molecule is COc1ccc(CN2CCN(Cc3cccc(C)c3)C(=O)C2=O)cc1. The highest BCUT2D eigenvalue weighted by Crippen LogP contribution is 2.16. The van der Waals surface area contributed by atoms with Gasteiger partial charge >= 0.3 is 11.8 Å². The molecule has 1 heterocycles. The first-order chi connectivity index (χ1) is 12.1. The summed E-state index contributed by atoms with van der Waals surface area (Å²) in [5.41, 5.74) is 3.17. The van der Waals surface area contributed by atoms with Gasteiger partial charge in [-0.05, 0) is 30.2 Å². The molecular formula is C20H22N2O3. The summed E-state index contributed by atoms with van der Waals surface area (Å²) in [5.74, 6) is -0.0925. The zero-order valence-electron chi connectivity index (χ0n) is 14.6. The summed E-state index contributed by atoms with van der Waals surface area (Å²) < 4.78 is 5.14. The molecule has 0 aromatic heterocycles. The fourth-order valence-corrected chi connectivity index (χ4v) is 3.00. The van der Waals surface area contributed by atoms with E-state index in [1.54, 1.807) is 16.9 Å². The molecule has 25 heavy (non-hydrogen) atoms. The Kier molecular flexibility index (Phi) is 5.03. The number of hydrogen-bond donors (Lipinski definition) is 0. The van der Waals surface area contributed by atoms with Crippen molar-refractivity contribution in [1.29, 1.82) is 0 Å². The summed E-state index contributed by atoms with van der Waals surface area (Å²) >= 11 is 0. The zero-order valence-corrected chi connectivity index (χ0v) is 14.6. The molecule has 0 spiro atoms. The third kappa shape index (κ3) is 3.99. The van der Waals surface area contributed by atoms with Crippen molar-refractivity contribution in [2.45, 2.75) is 20.0 Å². The number of carbonyl (C=O) groups is 2. The fraction of sp³-hybridized carbons (Fsp3) is 0.300. The molecule has 2 aromatic rings. The van der Waals surface area contributed by atoms with Crippen molar-refractivity contribution in [3.8, 4) is 5.75 Å². The van der Waals surface area contributed by atoms with Crippen molar-refractivity contribution in [3.63, 3.8) is 0 Å². The van der Waals surface area contributed by atoms with Crippen LogP contribution in [0.2, 0.25) is 0 Å². The highest BCUT2D eigenvalue weighted by Gasteiger charge is 2.32. The highest BCUT2D eigenvalue weighted by atomic mass is 16.5. The van der Waals surface area contributed by atoms with Crippen molar-refractivity contribution in [2.24, 2.45) is 0 Å². The topological polar surface area (TPSA) is 49.9 Å². The predicted octanol–water partition coefficient (Wildman–Crippen LogP) is 2.37. The molecule has 2 aromatic carbocycles. The number of methoxy groups -OCH3 is 1. The highest BCUT2D eigenvalue weighted by molar-refractivity contribution is 6.35. The fourth-order valence-electron chi connectivity index (χ4n) is 3.00. The Morgan fingerprint density at radius 1 is 0.880 bits per heavy atom. The first kappa shape index (κ1) is 17.0. The van der Waals surface area contributed by atoms with Crippen LogP contribution in [-0.4, -0.2) is 41.8 Å². The number of rotatable bonds is 5. The first-order valence-corrected chi connectivity index (χ1v) is 8.33. The average Bonchev–Trinajstić information content (AvgIpc) is 2.62. The molecule has 2 amide bonds. The van der Waals surface area contributed by atoms with Crippen LogP contribution < -0.4 is 4.74 Å². The molecule has 1 fully saturated rings. The summed E-state index contributed by atoms with van der Waals surface area (Å²) in [7, 11) is 1.62. The molecule has 0 saturated carbocycles. The van der Waals surface area contributed by atoms with Crippen LogP contribution in [0.1, 0.15) is 16.7 Å².